The number of anilines is 3. The summed E-state index contributed by atoms with van der Waals surface area (Å²) in [7, 11) is 3.67. The SMILES string of the molecule is CN(C)c1nc(NN)nc(NCc2cccnn2)n1. The Morgan fingerprint density at radius 3 is 2.63 bits per heavy atom. The highest BCUT2D eigenvalue weighted by Crippen LogP contribution is 2.11. The van der Waals surface area contributed by atoms with Gasteiger partial charge >= 0.3 is 0 Å². The number of hydrogen-bond acceptors (Lipinski definition) is 9. The summed E-state index contributed by atoms with van der Waals surface area (Å²) in [6, 6.07) is 3.67. The van der Waals surface area contributed by atoms with Gasteiger partial charge in [-0.2, -0.15) is 25.1 Å². The molecule has 0 amide bonds. The van der Waals surface area contributed by atoms with E-state index in [9.17, 15) is 0 Å². The van der Waals surface area contributed by atoms with Gasteiger partial charge in [-0.3, -0.25) is 5.43 Å². The molecule has 2 heterocycles. The Labute approximate surface area is 110 Å². The van der Waals surface area contributed by atoms with Gasteiger partial charge in [0.1, 0.15) is 0 Å². The Kier molecular flexibility index (Phi) is 3.98. The largest absolute Gasteiger partial charge is 0.348 e. The van der Waals surface area contributed by atoms with Gasteiger partial charge in [-0.05, 0) is 12.1 Å². The summed E-state index contributed by atoms with van der Waals surface area (Å²) in [5, 5.41) is 10.8. The highest BCUT2D eigenvalue weighted by molar-refractivity contribution is 5.42. The molecule has 0 saturated carbocycles. The summed E-state index contributed by atoms with van der Waals surface area (Å²) in [6.07, 6.45) is 1.62. The van der Waals surface area contributed by atoms with Crippen molar-refractivity contribution in [2.45, 2.75) is 6.54 Å². The molecule has 0 aliphatic carbocycles. The third-order valence-corrected chi connectivity index (χ3v) is 2.21. The molecule has 0 aliphatic heterocycles. The van der Waals surface area contributed by atoms with Crippen LogP contribution in [-0.4, -0.2) is 39.2 Å². The van der Waals surface area contributed by atoms with Crippen LogP contribution in [0.5, 0.6) is 0 Å². The Morgan fingerprint density at radius 1 is 1.21 bits per heavy atom. The van der Waals surface area contributed by atoms with Crippen molar-refractivity contribution in [3.63, 3.8) is 0 Å². The molecule has 0 unspecified atom stereocenters. The second-order valence-corrected chi connectivity index (χ2v) is 3.89. The standard InChI is InChI=1S/C10H15N9/c1-19(2)10-15-8(14-9(16-10)17-11)12-6-7-4-3-5-13-18-7/h3-5H,6,11H2,1-2H3,(H2,12,14,15,16,17). The summed E-state index contributed by atoms with van der Waals surface area (Å²) in [5.41, 5.74) is 3.19. The fourth-order valence-corrected chi connectivity index (χ4v) is 1.31. The topological polar surface area (TPSA) is 118 Å². The lowest BCUT2D eigenvalue weighted by Crippen LogP contribution is -2.19. The molecule has 9 heteroatoms. The van der Waals surface area contributed by atoms with E-state index >= 15 is 0 Å². The fourth-order valence-electron chi connectivity index (χ4n) is 1.31. The Bertz CT molecular complexity index is 528. The molecule has 0 radical (unpaired) electrons. The molecule has 9 nitrogen and oxygen atoms in total. The molecule has 4 N–H and O–H groups in total. The van der Waals surface area contributed by atoms with E-state index < -0.39 is 0 Å². The van der Waals surface area contributed by atoms with Crippen LogP contribution in [0.25, 0.3) is 0 Å². The number of nitrogens with one attached hydrogen (secondary N) is 2. The predicted octanol–water partition coefficient (Wildman–Crippen LogP) is -0.375. The van der Waals surface area contributed by atoms with E-state index in [0.29, 0.717) is 24.4 Å². The van der Waals surface area contributed by atoms with Crippen LogP contribution in [-0.2, 0) is 6.54 Å². The molecule has 0 fully saturated rings. The maximum Gasteiger partial charge on any atom is 0.243 e. The second kappa shape index (κ2) is 5.87. The monoisotopic (exact) mass is 261 g/mol. The van der Waals surface area contributed by atoms with Gasteiger partial charge in [-0.25, -0.2) is 5.84 Å². The first-order chi connectivity index (χ1) is 9.19. The van der Waals surface area contributed by atoms with Crippen LogP contribution in [0.4, 0.5) is 17.8 Å². The van der Waals surface area contributed by atoms with Crippen molar-refractivity contribution in [1.82, 2.24) is 25.1 Å². The minimum absolute atomic E-state index is 0.292. The van der Waals surface area contributed by atoms with Gasteiger partial charge in [0.15, 0.2) is 0 Å². The molecular weight excluding hydrogens is 246 g/mol. The minimum atomic E-state index is 0.292. The lowest BCUT2D eigenvalue weighted by Gasteiger charge is -2.12. The van der Waals surface area contributed by atoms with Crippen molar-refractivity contribution in [1.29, 1.82) is 0 Å². The quantitative estimate of drug-likeness (QED) is 0.489. The highest BCUT2D eigenvalue weighted by atomic mass is 15.4. The first-order valence-corrected chi connectivity index (χ1v) is 5.59. The zero-order valence-electron chi connectivity index (χ0n) is 10.7. The molecular formula is C10H15N9. The van der Waals surface area contributed by atoms with E-state index in [1.807, 2.05) is 26.2 Å². The summed E-state index contributed by atoms with van der Waals surface area (Å²) in [6.45, 7) is 0.467. The average Bonchev–Trinajstić information content (AvgIpc) is 2.45. The average molecular weight is 261 g/mol. The zero-order chi connectivity index (χ0) is 13.7. The maximum atomic E-state index is 5.32. The molecule has 0 saturated heterocycles. The van der Waals surface area contributed by atoms with E-state index in [0.717, 1.165) is 5.69 Å². The number of nitrogens with two attached hydrogens (primary N) is 1. The molecule has 2 aromatic rings. The normalized spacial score (nSPS) is 10.1. The van der Waals surface area contributed by atoms with E-state index in [1.54, 1.807) is 11.1 Å². The fraction of sp³-hybridized carbons (Fsp3) is 0.300. The first kappa shape index (κ1) is 12.9. The Hall–Kier alpha value is -2.55. The van der Waals surface area contributed by atoms with Gasteiger partial charge in [-0.1, -0.05) is 0 Å². The maximum absolute atomic E-state index is 5.32. The summed E-state index contributed by atoms with van der Waals surface area (Å²) in [5.74, 6) is 6.53. The number of nitrogen functional groups attached to an aromatic ring is 1. The summed E-state index contributed by atoms with van der Waals surface area (Å²) < 4.78 is 0. The van der Waals surface area contributed by atoms with Crippen LogP contribution < -0.4 is 21.5 Å². The highest BCUT2D eigenvalue weighted by Gasteiger charge is 2.07. The van der Waals surface area contributed by atoms with Crippen molar-refractivity contribution in [3.05, 3.63) is 24.0 Å². The van der Waals surface area contributed by atoms with Crippen LogP contribution in [0.3, 0.4) is 0 Å². The Balaban J connectivity index is 2.13. The van der Waals surface area contributed by atoms with Gasteiger partial charge in [-0.15, -0.1) is 0 Å². The molecule has 19 heavy (non-hydrogen) atoms. The first-order valence-electron chi connectivity index (χ1n) is 5.59. The lowest BCUT2D eigenvalue weighted by molar-refractivity contribution is 0.898. The molecule has 2 rings (SSSR count). The summed E-state index contributed by atoms with van der Waals surface area (Å²) in [4.78, 5) is 14.2. The van der Waals surface area contributed by atoms with Crippen molar-refractivity contribution in [2.75, 3.05) is 29.7 Å². The van der Waals surface area contributed by atoms with Crippen LogP contribution >= 0.6 is 0 Å². The van der Waals surface area contributed by atoms with Crippen LogP contribution in [0.1, 0.15) is 5.69 Å². The van der Waals surface area contributed by atoms with Gasteiger partial charge in [0.2, 0.25) is 17.8 Å². The molecule has 0 spiro atoms. The second-order valence-electron chi connectivity index (χ2n) is 3.89. The van der Waals surface area contributed by atoms with Crippen LogP contribution in [0.2, 0.25) is 0 Å². The number of nitrogens with zero attached hydrogens (tertiary/aromatic N) is 6. The van der Waals surface area contributed by atoms with Crippen LogP contribution in [0, 0.1) is 0 Å². The van der Waals surface area contributed by atoms with Gasteiger partial charge in [0.25, 0.3) is 0 Å². The molecule has 2 aromatic heterocycles. The van der Waals surface area contributed by atoms with E-state index in [1.165, 1.54) is 0 Å². The van der Waals surface area contributed by atoms with Crippen molar-refractivity contribution in [3.8, 4) is 0 Å². The van der Waals surface area contributed by atoms with Crippen molar-refractivity contribution >= 4 is 17.8 Å². The third kappa shape index (κ3) is 3.45. The van der Waals surface area contributed by atoms with Gasteiger partial charge in [0.05, 0.1) is 12.2 Å². The van der Waals surface area contributed by atoms with E-state index in [-0.39, 0.29) is 0 Å². The van der Waals surface area contributed by atoms with Gasteiger partial charge in [0, 0.05) is 20.3 Å². The number of rotatable bonds is 5. The smallest absolute Gasteiger partial charge is 0.243 e. The zero-order valence-corrected chi connectivity index (χ0v) is 10.7. The van der Waals surface area contributed by atoms with E-state index in [4.69, 9.17) is 5.84 Å². The van der Waals surface area contributed by atoms with Crippen molar-refractivity contribution in [2.24, 2.45) is 5.84 Å². The number of aromatic nitrogens is 5. The predicted molar refractivity (Wildman–Crippen MR) is 71.3 cm³/mol. The molecule has 0 aromatic carbocycles. The minimum Gasteiger partial charge on any atom is -0.348 e. The Morgan fingerprint density at radius 2 is 2.00 bits per heavy atom. The van der Waals surface area contributed by atoms with Gasteiger partial charge < -0.3 is 10.2 Å². The summed E-state index contributed by atoms with van der Waals surface area (Å²) >= 11 is 0. The molecule has 100 valence electrons. The van der Waals surface area contributed by atoms with E-state index in [2.05, 4.69) is 35.9 Å². The molecule has 0 aliphatic rings. The van der Waals surface area contributed by atoms with Crippen LogP contribution in [0.15, 0.2) is 18.3 Å². The third-order valence-electron chi connectivity index (χ3n) is 2.21. The van der Waals surface area contributed by atoms with Crippen molar-refractivity contribution < 1.29 is 0 Å². The molecule has 0 bridgehead atoms. The lowest BCUT2D eigenvalue weighted by atomic mass is 10.4. The number of hydrogen-bond donors (Lipinski definition) is 3. The molecule has 0 atom stereocenters. The number of hydrazine groups is 1.